The summed E-state index contributed by atoms with van der Waals surface area (Å²) in [6.45, 7) is 2.05. The molecule has 8 heteroatoms. The number of fused-ring (bicyclic) bond motifs is 1. The second kappa shape index (κ2) is 11.0. The van der Waals surface area contributed by atoms with Crippen LogP contribution in [-0.4, -0.2) is 38.9 Å². The maximum atomic E-state index is 13.5. The highest BCUT2D eigenvalue weighted by Gasteiger charge is 2.28. The van der Waals surface area contributed by atoms with Crippen molar-refractivity contribution in [1.29, 1.82) is 0 Å². The quantitative estimate of drug-likeness (QED) is 0.342. The predicted molar refractivity (Wildman–Crippen MR) is 152 cm³/mol. The molecule has 5 aromatic rings. The molecule has 0 bridgehead atoms. The van der Waals surface area contributed by atoms with Gasteiger partial charge in [0.15, 0.2) is 0 Å². The lowest BCUT2D eigenvalue weighted by molar-refractivity contribution is -0.123. The molecule has 2 aromatic carbocycles. The van der Waals surface area contributed by atoms with Crippen molar-refractivity contribution in [3.05, 3.63) is 107 Å². The molecule has 1 aliphatic heterocycles. The zero-order valence-corrected chi connectivity index (χ0v) is 21.4. The Morgan fingerprint density at radius 3 is 2.38 bits per heavy atom. The Morgan fingerprint density at radius 2 is 1.64 bits per heavy atom. The largest absolute Gasteiger partial charge is 0.328 e. The van der Waals surface area contributed by atoms with E-state index < -0.39 is 0 Å². The lowest BCUT2D eigenvalue weighted by Crippen LogP contribution is -2.41. The van der Waals surface area contributed by atoms with Crippen molar-refractivity contribution in [3.8, 4) is 22.4 Å². The number of pyridine rings is 2. The lowest BCUT2D eigenvalue weighted by atomic mass is 9.96. The van der Waals surface area contributed by atoms with Crippen LogP contribution < -0.4 is 15.8 Å². The summed E-state index contributed by atoms with van der Waals surface area (Å²) in [5.74, 6) is 0.421. The van der Waals surface area contributed by atoms with Crippen LogP contribution in [0.15, 0.2) is 96.2 Å². The van der Waals surface area contributed by atoms with Gasteiger partial charge in [0.1, 0.15) is 0 Å². The van der Waals surface area contributed by atoms with E-state index in [0.717, 1.165) is 53.9 Å². The van der Waals surface area contributed by atoms with E-state index in [9.17, 15) is 9.59 Å². The van der Waals surface area contributed by atoms with E-state index in [2.05, 4.69) is 20.3 Å². The first kappa shape index (κ1) is 24.6. The van der Waals surface area contributed by atoms with E-state index in [0.29, 0.717) is 23.4 Å². The molecule has 0 atom stereocenters. The third-order valence-corrected chi connectivity index (χ3v) is 7.15. The molecule has 1 saturated heterocycles. The number of hydrogen-bond donors (Lipinski definition) is 2. The van der Waals surface area contributed by atoms with Crippen LogP contribution in [-0.2, 0) is 11.3 Å². The fraction of sp³-hybridized carbons (Fsp3) is 0.194. The summed E-state index contributed by atoms with van der Waals surface area (Å²) in [5.41, 5.74) is 5.01. The minimum absolute atomic E-state index is 0.0484. The zero-order chi connectivity index (χ0) is 26.6. The average Bonchev–Trinajstić information content (AvgIpc) is 3.01. The second-order valence-electron chi connectivity index (χ2n) is 9.68. The van der Waals surface area contributed by atoms with Gasteiger partial charge in [0.2, 0.25) is 11.9 Å². The van der Waals surface area contributed by atoms with Crippen LogP contribution in [0.2, 0.25) is 0 Å². The fourth-order valence-electron chi connectivity index (χ4n) is 5.09. The van der Waals surface area contributed by atoms with Gasteiger partial charge in [-0.25, -0.2) is 15.0 Å². The molecule has 3 aromatic heterocycles. The number of hydrogen-bond acceptors (Lipinski definition) is 6. The summed E-state index contributed by atoms with van der Waals surface area (Å²) in [7, 11) is 0. The number of rotatable bonds is 6. The number of H-pyrrole nitrogens is 1. The topological polar surface area (TPSA) is 104 Å². The molecule has 0 spiro atoms. The van der Waals surface area contributed by atoms with Gasteiger partial charge in [-0.15, -0.1) is 0 Å². The predicted octanol–water partition coefficient (Wildman–Crippen LogP) is 4.58. The number of anilines is 1. The van der Waals surface area contributed by atoms with E-state index in [4.69, 9.17) is 4.98 Å². The SMILES string of the molecule is O=C(C1CCNCC1)N(Cc1ccc(-c2nc3cc[nH]c(=O)c3cc2-c2ccccc2)cc1)c1ncccn1. The molecule has 0 unspecified atom stereocenters. The van der Waals surface area contributed by atoms with Crippen molar-refractivity contribution >= 4 is 22.8 Å². The summed E-state index contributed by atoms with van der Waals surface area (Å²) >= 11 is 0. The van der Waals surface area contributed by atoms with Gasteiger partial charge in [-0.1, -0.05) is 54.6 Å². The summed E-state index contributed by atoms with van der Waals surface area (Å²) in [6.07, 6.45) is 6.55. The van der Waals surface area contributed by atoms with Crippen LogP contribution in [0.25, 0.3) is 33.3 Å². The third kappa shape index (κ3) is 5.19. The number of carbonyl (C=O) groups is 1. The maximum absolute atomic E-state index is 13.5. The molecular formula is C31H28N6O2. The van der Waals surface area contributed by atoms with Crippen molar-refractivity contribution in [2.24, 2.45) is 5.92 Å². The molecular weight excluding hydrogens is 488 g/mol. The number of amides is 1. The number of aromatic nitrogens is 4. The van der Waals surface area contributed by atoms with Crippen LogP contribution in [0.1, 0.15) is 18.4 Å². The van der Waals surface area contributed by atoms with Crippen LogP contribution in [0.5, 0.6) is 0 Å². The summed E-state index contributed by atoms with van der Waals surface area (Å²) in [4.78, 5) is 44.1. The monoisotopic (exact) mass is 516 g/mol. The van der Waals surface area contributed by atoms with Crippen LogP contribution in [0.4, 0.5) is 5.95 Å². The first-order valence-corrected chi connectivity index (χ1v) is 13.1. The fourth-order valence-corrected chi connectivity index (χ4v) is 5.09. The van der Waals surface area contributed by atoms with Gasteiger partial charge in [0.05, 0.1) is 23.1 Å². The standard InChI is InChI=1S/C31H28N6O2/c38-29-26-19-25(22-5-2-1-3-6-22)28(36-27(26)13-18-33-29)23-9-7-21(8-10-23)20-37(31-34-14-4-15-35-31)30(39)24-11-16-32-17-12-24/h1-10,13-15,18-19,24,32H,11-12,16-17,20H2,(H,33,38). The molecule has 2 N–H and O–H groups in total. The van der Waals surface area contributed by atoms with Crippen molar-refractivity contribution in [1.82, 2.24) is 25.3 Å². The summed E-state index contributed by atoms with van der Waals surface area (Å²) in [5, 5.41) is 3.87. The molecule has 4 heterocycles. The molecule has 194 valence electrons. The molecule has 1 amide bonds. The summed E-state index contributed by atoms with van der Waals surface area (Å²) in [6, 6.07) is 23.5. The van der Waals surface area contributed by atoms with E-state index in [1.807, 2.05) is 66.7 Å². The Balaban J connectivity index is 1.35. The van der Waals surface area contributed by atoms with Gasteiger partial charge in [-0.05, 0) is 55.3 Å². The van der Waals surface area contributed by atoms with Crippen molar-refractivity contribution < 1.29 is 4.79 Å². The van der Waals surface area contributed by atoms with Crippen LogP contribution in [0, 0.1) is 5.92 Å². The number of nitrogens with one attached hydrogen (secondary N) is 2. The molecule has 1 aliphatic rings. The molecule has 0 saturated carbocycles. The Labute approximate surface area is 225 Å². The van der Waals surface area contributed by atoms with E-state index in [1.165, 1.54) is 0 Å². The first-order chi connectivity index (χ1) is 19.2. The normalized spacial score (nSPS) is 13.8. The minimum Gasteiger partial charge on any atom is -0.328 e. The lowest BCUT2D eigenvalue weighted by Gasteiger charge is -2.28. The Morgan fingerprint density at radius 1 is 0.897 bits per heavy atom. The number of piperidine rings is 1. The highest BCUT2D eigenvalue weighted by Crippen LogP contribution is 2.33. The number of nitrogens with zero attached hydrogens (tertiary/aromatic N) is 4. The van der Waals surface area contributed by atoms with E-state index in [1.54, 1.807) is 29.6 Å². The van der Waals surface area contributed by atoms with Crippen LogP contribution >= 0.6 is 0 Å². The first-order valence-electron chi connectivity index (χ1n) is 13.1. The smallest absolute Gasteiger partial charge is 0.257 e. The number of carbonyl (C=O) groups excluding carboxylic acids is 1. The number of aromatic amines is 1. The Hall–Kier alpha value is -4.69. The van der Waals surface area contributed by atoms with Gasteiger partial charge in [0.25, 0.3) is 5.56 Å². The van der Waals surface area contributed by atoms with E-state index in [-0.39, 0.29) is 17.4 Å². The molecule has 1 fully saturated rings. The molecule has 39 heavy (non-hydrogen) atoms. The van der Waals surface area contributed by atoms with Gasteiger partial charge in [0, 0.05) is 35.6 Å². The molecule has 0 aliphatic carbocycles. The Kier molecular flexibility index (Phi) is 6.93. The van der Waals surface area contributed by atoms with Crippen LogP contribution in [0.3, 0.4) is 0 Å². The van der Waals surface area contributed by atoms with Gasteiger partial charge in [-0.3, -0.25) is 14.5 Å². The average molecular weight is 517 g/mol. The second-order valence-corrected chi connectivity index (χ2v) is 9.68. The molecule has 0 radical (unpaired) electrons. The van der Waals surface area contributed by atoms with Crippen molar-refractivity contribution in [2.45, 2.75) is 19.4 Å². The van der Waals surface area contributed by atoms with Gasteiger partial charge < -0.3 is 10.3 Å². The van der Waals surface area contributed by atoms with Gasteiger partial charge in [-0.2, -0.15) is 0 Å². The van der Waals surface area contributed by atoms with Crippen molar-refractivity contribution in [3.63, 3.8) is 0 Å². The van der Waals surface area contributed by atoms with Gasteiger partial charge >= 0.3 is 0 Å². The minimum atomic E-state index is -0.166. The third-order valence-electron chi connectivity index (χ3n) is 7.15. The zero-order valence-electron chi connectivity index (χ0n) is 21.4. The molecule has 6 rings (SSSR count). The highest BCUT2D eigenvalue weighted by molar-refractivity contribution is 5.94. The Bertz CT molecular complexity index is 1650. The summed E-state index contributed by atoms with van der Waals surface area (Å²) < 4.78 is 0. The maximum Gasteiger partial charge on any atom is 0.257 e. The van der Waals surface area contributed by atoms with Crippen molar-refractivity contribution in [2.75, 3.05) is 18.0 Å². The molecule has 8 nitrogen and oxygen atoms in total. The van der Waals surface area contributed by atoms with E-state index >= 15 is 0 Å². The number of benzene rings is 2. The highest BCUT2D eigenvalue weighted by atomic mass is 16.2.